The molecule has 1 heterocycles. The van der Waals surface area contributed by atoms with Crippen LogP contribution in [-0.4, -0.2) is 4.98 Å². The Hall–Kier alpha value is -1.63. The van der Waals surface area contributed by atoms with Gasteiger partial charge in [0.2, 0.25) is 0 Å². The molecule has 0 aliphatic rings. The maximum Gasteiger partial charge on any atom is 0.0435 e. The number of benzene rings is 1. The molecule has 0 N–H and O–H groups in total. The first-order chi connectivity index (χ1) is 7.75. The highest BCUT2D eigenvalue weighted by Crippen LogP contribution is 2.18. The first kappa shape index (κ1) is 10.9. The lowest BCUT2D eigenvalue weighted by atomic mass is 9.97. The lowest BCUT2D eigenvalue weighted by Gasteiger charge is -2.10. The molecule has 0 spiro atoms. The Morgan fingerprint density at radius 1 is 1.06 bits per heavy atom. The minimum Gasteiger partial charge on any atom is -0.261 e. The summed E-state index contributed by atoms with van der Waals surface area (Å²) in [5, 5.41) is 0. The van der Waals surface area contributed by atoms with Crippen LogP contribution >= 0.6 is 0 Å². The van der Waals surface area contributed by atoms with E-state index in [-0.39, 0.29) is 0 Å². The molecule has 0 radical (unpaired) electrons. The summed E-state index contributed by atoms with van der Waals surface area (Å²) in [6.45, 7) is 4.34. The van der Waals surface area contributed by atoms with E-state index < -0.39 is 0 Å². The Kier molecular flexibility index (Phi) is 3.35. The zero-order valence-corrected chi connectivity index (χ0v) is 9.85. The molecule has 0 amide bonds. The number of pyridine rings is 1. The first-order valence-electron chi connectivity index (χ1n) is 5.72. The monoisotopic (exact) mass is 211 g/mol. The van der Waals surface area contributed by atoms with Gasteiger partial charge in [0.15, 0.2) is 0 Å². The van der Waals surface area contributed by atoms with Gasteiger partial charge in [-0.05, 0) is 31.0 Å². The van der Waals surface area contributed by atoms with Crippen molar-refractivity contribution >= 4 is 0 Å². The van der Waals surface area contributed by atoms with Crippen LogP contribution in [0.4, 0.5) is 0 Å². The van der Waals surface area contributed by atoms with Crippen LogP contribution in [0.2, 0.25) is 0 Å². The van der Waals surface area contributed by atoms with Crippen molar-refractivity contribution in [3.05, 3.63) is 65.5 Å². The van der Waals surface area contributed by atoms with E-state index >= 15 is 0 Å². The summed E-state index contributed by atoms with van der Waals surface area (Å²) < 4.78 is 0. The van der Waals surface area contributed by atoms with Gasteiger partial charge in [-0.2, -0.15) is 0 Å². The Bertz CT molecular complexity index is 431. The van der Waals surface area contributed by atoms with Crippen LogP contribution in [0.25, 0.3) is 0 Å². The molecule has 0 aliphatic heterocycles. The van der Waals surface area contributed by atoms with Gasteiger partial charge in [-0.25, -0.2) is 0 Å². The fraction of sp³-hybridized carbons (Fsp3) is 0.267. The van der Waals surface area contributed by atoms with Crippen LogP contribution in [0.5, 0.6) is 0 Å². The zero-order chi connectivity index (χ0) is 11.4. The third kappa shape index (κ3) is 2.69. The quantitative estimate of drug-likeness (QED) is 0.753. The fourth-order valence-corrected chi connectivity index (χ4v) is 1.85. The molecule has 0 saturated carbocycles. The number of nitrogens with zero attached hydrogens (tertiary/aromatic N) is 1. The Labute approximate surface area is 97.2 Å². The molecule has 16 heavy (non-hydrogen) atoms. The van der Waals surface area contributed by atoms with E-state index in [0.717, 1.165) is 6.42 Å². The van der Waals surface area contributed by atoms with Gasteiger partial charge in [0, 0.05) is 17.8 Å². The summed E-state index contributed by atoms with van der Waals surface area (Å²) in [6.07, 6.45) is 2.91. The topological polar surface area (TPSA) is 12.9 Å². The first-order valence-corrected chi connectivity index (χ1v) is 5.72. The van der Waals surface area contributed by atoms with Crippen LogP contribution in [0.3, 0.4) is 0 Å². The van der Waals surface area contributed by atoms with Crippen molar-refractivity contribution in [2.75, 3.05) is 0 Å². The van der Waals surface area contributed by atoms with Crippen LogP contribution < -0.4 is 0 Å². The molecule has 1 heteroatoms. The zero-order valence-electron chi connectivity index (χ0n) is 9.85. The van der Waals surface area contributed by atoms with Crippen LogP contribution in [0.15, 0.2) is 48.7 Å². The molecule has 82 valence electrons. The normalized spacial score (nSPS) is 12.4. The lowest BCUT2D eigenvalue weighted by molar-refractivity contribution is 0.731. The standard InChI is InChI=1S/C15H17N/c1-12-6-8-14(9-7-12)11-13(2)15-5-3-4-10-16-15/h3-10,13H,11H2,1-2H3. The van der Waals surface area contributed by atoms with E-state index in [1.165, 1.54) is 16.8 Å². The maximum absolute atomic E-state index is 4.39. The van der Waals surface area contributed by atoms with Gasteiger partial charge in [-0.3, -0.25) is 4.98 Å². The van der Waals surface area contributed by atoms with Crippen molar-refractivity contribution in [1.29, 1.82) is 0 Å². The summed E-state index contributed by atoms with van der Waals surface area (Å²) in [7, 11) is 0. The SMILES string of the molecule is Cc1ccc(CC(C)c2ccccn2)cc1. The number of hydrogen-bond acceptors (Lipinski definition) is 1. The minimum atomic E-state index is 0.476. The van der Waals surface area contributed by atoms with Crippen LogP contribution in [0, 0.1) is 6.92 Å². The second-order valence-corrected chi connectivity index (χ2v) is 4.35. The molecule has 1 nitrogen and oxygen atoms in total. The molecule has 1 aromatic carbocycles. The average molecular weight is 211 g/mol. The second-order valence-electron chi connectivity index (χ2n) is 4.35. The van der Waals surface area contributed by atoms with Gasteiger partial charge < -0.3 is 0 Å². The van der Waals surface area contributed by atoms with Crippen LogP contribution in [0.1, 0.15) is 29.7 Å². The van der Waals surface area contributed by atoms with E-state index in [2.05, 4.69) is 49.2 Å². The Morgan fingerprint density at radius 2 is 1.81 bits per heavy atom. The molecular formula is C15H17N. The van der Waals surface area contributed by atoms with Crippen molar-refractivity contribution in [3.63, 3.8) is 0 Å². The third-order valence-corrected chi connectivity index (χ3v) is 2.86. The molecule has 0 saturated heterocycles. The molecule has 1 unspecified atom stereocenters. The average Bonchev–Trinajstić information content (AvgIpc) is 2.33. The van der Waals surface area contributed by atoms with E-state index in [1.54, 1.807) is 0 Å². The predicted octanol–water partition coefficient (Wildman–Crippen LogP) is 3.74. The van der Waals surface area contributed by atoms with Gasteiger partial charge in [0.25, 0.3) is 0 Å². The van der Waals surface area contributed by atoms with Gasteiger partial charge >= 0.3 is 0 Å². The summed E-state index contributed by atoms with van der Waals surface area (Å²) in [4.78, 5) is 4.39. The maximum atomic E-state index is 4.39. The van der Waals surface area contributed by atoms with Gasteiger partial charge in [0.05, 0.1) is 0 Å². The highest BCUT2D eigenvalue weighted by molar-refractivity contribution is 5.23. The summed E-state index contributed by atoms with van der Waals surface area (Å²) in [5.41, 5.74) is 3.86. The van der Waals surface area contributed by atoms with Gasteiger partial charge in [0.1, 0.15) is 0 Å². The molecule has 0 fully saturated rings. The molecule has 2 rings (SSSR count). The number of rotatable bonds is 3. The van der Waals surface area contributed by atoms with Crippen LogP contribution in [-0.2, 0) is 6.42 Å². The molecule has 2 aromatic rings. The fourth-order valence-electron chi connectivity index (χ4n) is 1.85. The van der Waals surface area contributed by atoms with Crippen molar-refractivity contribution in [3.8, 4) is 0 Å². The van der Waals surface area contributed by atoms with Crippen molar-refractivity contribution in [1.82, 2.24) is 4.98 Å². The summed E-state index contributed by atoms with van der Waals surface area (Å²) >= 11 is 0. The van der Waals surface area contributed by atoms with E-state index in [4.69, 9.17) is 0 Å². The molecule has 0 aliphatic carbocycles. The summed E-state index contributed by atoms with van der Waals surface area (Å²) in [5.74, 6) is 0.476. The third-order valence-electron chi connectivity index (χ3n) is 2.86. The smallest absolute Gasteiger partial charge is 0.0435 e. The highest BCUT2D eigenvalue weighted by Gasteiger charge is 2.06. The second kappa shape index (κ2) is 4.93. The Balaban J connectivity index is 2.08. The van der Waals surface area contributed by atoms with Crippen molar-refractivity contribution in [2.24, 2.45) is 0 Å². The largest absolute Gasteiger partial charge is 0.261 e. The predicted molar refractivity (Wildman–Crippen MR) is 67.5 cm³/mol. The van der Waals surface area contributed by atoms with E-state index in [9.17, 15) is 0 Å². The summed E-state index contributed by atoms with van der Waals surface area (Å²) in [6, 6.07) is 14.8. The number of aryl methyl sites for hydroxylation is 1. The highest BCUT2D eigenvalue weighted by atomic mass is 14.7. The molecule has 0 bridgehead atoms. The molecule has 1 atom stereocenters. The van der Waals surface area contributed by atoms with Crippen molar-refractivity contribution in [2.45, 2.75) is 26.2 Å². The number of aromatic nitrogens is 1. The van der Waals surface area contributed by atoms with Gasteiger partial charge in [-0.15, -0.1) is 0 Å². The van der Waals surface area contributed by atoms with E-state index in [1.807, 2.05) is 18.3 Å². The minimum absolute atomic E-state index is 0.476. The molecule has 1 aromatic heterocycles. The van der Waals surface area contributed by atoms with Crippen molar-refractivity contribution < 1.29 is 0 Å². The lowest BCUT2D eigenvalue weighted by Crippen LogP contribution is -2.00. The van der Waals surface area contributed by atoms with E-state index in [0.29, 0.717) is 5.92 Å². The molecular weight excluding hydrogens is 194 g/mol. The Morgan fingerprint density at radius 3 is 2.44 bits per heavy atom. The van der Waals surface area contributed by atoms with Gasteiger partial charge in [-0.1, -0.05) is 42.8 Å². The number of hydrogen-bond donors (Lipinski definition) is 0.